The molecule has 2 aromatic heterocycles. The van der Waals surface area contributed by atoms with Crippen molar-refractivity contribution in [2.75, 3.05) is 16.8 Å². The monoisotopic (exact) mass is 395 g/mol. The van der Waals surface area contributed by atoms with Gasteiger partial charge in [0.05, 0.1) is 12.1 Å². The Morgan fingerprint density at radius 3 is 2.72 bits per heavy atom. The second-order valence-electron chi connectivity index (χ2n) is 7.72. The van der Waals surface area contributed by atoms with Crippen LogP contribution in [0.1, 0.15) is 48.3 Å². The maximum Gasteiger partial charge on any atom is 0.233 e. The van der Waals surface area contributed by atoms with Gasteiger partial charge in [-0.25, -0.2) is 4.39 Å². The molecule has 1 aliphatic carbocycles. The highest BCUT2D eigenvalue weighted by atomic mass is 19.1. The molecule has 0 radical (unpaired) electrons. The van der Waals surface area contributed by atoms with Gasteiger partial charge in [0.25, 0.3) is 0 Å². The molecule has 1 aliphatic heterocycles. The van der Waals surface area contributed by atoms with Crippen LogP contribution in [0.5, 0.6) is 0 Å². The number of aliphatic hydroxyl groups is 1. The van der Waals surface area contributed by atoms with Crippen molar-refractivity contribution in [2.24, 2.45) is 0 Å². The van der Waals surface area contributed by atoms with Crippen LogP contribution in [-0.2, 0) is 0 Å². The smallest absolute Gasteiger partial charge is 0.233 e. The molecule has 5 rings (SSSR count). The van der Waals surface area contributed by atoms with Crippen LogP contribution < -0.4 is 10.2 Å². The fourth-order valence-electron chi connectivity index (χ4n) is 3.81. The first kappa shape index (κ1) is 18.0. The van der Waals surface area contributed by atoms with Gasteiger partial charge in [-0.1, -0.05) is 12.1 Å². The summed E-state index contributed by atoms with van der Waals surface area (Å²) in [6.07, 6.45) is 2.41. The first-order valence-corrected chi connectivity index (χ1v) is 9.80. The summed E-state index contributed by atoms with van der Waals surface area (Å²) in [5.41, 5.74) is 2.04. The van der Waals surface area contributed by atoms with Crippen LogP contribution in [0.25, 0.3) is 0 Å². The largest absolute Gasteiger partial charge is 0.391 e. The first-order chi connectivity index (χ1) is 14.0. The molecule has 2 unspecified atom stereocenters. The van der Waals surface area contributed by atoms with Crippen molar-refractivity contribution in [1.82, 2.24) is 25.1 Å². The van der Waals surface area contributed by atoms with Crippen molar-refractivity contribution < 1.29 is 9.50 Å². The molecule has 2 fully saturated rings. The third-order valence-corrected chi connectivity index (χ3v) is 5.38. The number of benzene rings is 1. The number of nitrogens with zero attached hydrogens (tertiary/aromatic N) is 5. The number of β-amino-alcohol motifs (C(OH)–C–C–N with tert-alkyl or cyclic N) is 1. The van der Waals surface area contributed by atoms with E-state index in [1.807, 2.05) is 11.0 Å². The molecular formula is C20H22FN7O. The molecule has 150 valence electrons. The Bertz CT molecular complexity index is 1020. The highest BCUT2D eigenvalue weighted by Gasteiger charge is 2.34. The number of aromatic amines is 1. The number of rotatable bonds is 5. The van der Waals surface area contributed by atoms with E-state index < -0.39 is 6.10 Å². The predicted octanol–water partition coefficient (Wildman–Crippen LogP) is 2.98. The van der Waals surface area contributed by atoms with Gasteiger partial charge >= 0.3 is 0 Å². The van der Waals surface area contributed by atoms with Gasteiger partial charge < -0.3 is 15.3 Å². The minimum Gasteiger partial charge on any atom is -0.391 e. The Labute approximate surface area is 167 Å². The van der Waals surface area contributed by atoms with E-state index in [0.29, 0.717) is 42.4 Å². The van der Waals surface area contributed by atoms with E-state index >= 15 is 0 Å². The van der Waals surface area contributed by atoms with E-state index in [-0.39, 0.29) is 11.9 Å². The average Bonchev–Trinajstić information content (AvgIpc) is 3.32. The molecule has 1 aromatic carbocycles. The van der Waals surface area contributed by atoms with E-state index in [4.69, 9.17) is 0 Å². The molecule has 9 heteroatoms. The first-order valence-electron chi connectivity index (χ1n) is 9.80. The van der Waals surface area contributed by atoms with Crippen LogP contribution in [0, 0.1) is 12.7 Å². The van der Waals surface area contributed by atoms with E-state index in [1.165, 1.54) is 25.0 Å². The Balaban J connectivity index is 1.42. The van der Waals surface area contributed by atoms with Crippen LogP contribution in [-0.4, -0.2) is 42.9 Å². The van der Waals surface area contributed by atoms with Gasteiger partial charge in [-0.2, -0.15) is 20.1 Å². The lowest BCUT2D eigenvalue weighted by Gasteiger charge is -2.25. The number of nitrogens with one attached hydrogen (secondary N) is 2. The highest BCUT2D eigenvalue weighted by molar-refractivity contribution is 5.51. The van der Waals surface area contributed by atoms with Crippen LogP contribution >= 0.6 is 0 Å². The number of halogens is 1. The maximum absolute atomic E-state index is 13.3. The molecule has 8 nitrogen and oxygen atoms in total. The molecule has 1 saturated carbocycles. The summed E-state index contributed by atoms with van der Waals surface area (Å²) in [5, 5.41) is 20.7. The Kier molecular flexibility index (Phi) is 4.39. The van der Waals surface area contributed by atoms with Gasteiger partial charge in [0.15, 0.2) is 5.82 Å². The van der Waals surface area contributed by atoms with Gasteiger partial charge in [0.2, 0.25) is 11.9 Å². The fraction of sp³-hybridized carbons (Fsp3) is 0.400. The van der Waals surface area contributed by atoms with Gasteiger partial charge in [-0.15, -0.1) is 0 Å². The quantitative estimate of drug-likeness (QED) is 0.610. The second-order valence-corrected chi connectivity index (χ2v) is 7.72. The Morgan fingerprint density at radius 1 is 1.17 bits per heavy atom. The fourth-order valence-corrected chi connectivity index (χ4v) is 3.81. The molecule has 1 saturated heterocycles. The molecule has 29 heavy (non-hydrogen) atoms. The Morgan fingerprint density at radius 2 is 1.97 bits per heavy atom. The zero-order valence-corrected chi connectivity index (χ0v) is 16.0. The van der Waals surface area contributed by atoms with Crippen LogP contribution in [0.3, 0.4) is 0 Å². The summed E-state index contributed by atoms with van der Waals surface area (Å²) in [7, 11) is 0. The second kappa shape index (κ2) is 7.07. The number of hydrogen-bond donors (Lipinski definition) is 3. The SMILES string of the molecule is Cc1nc(Nc2cc(C3CC3)[nH]n2)nc(N2CC(O)CC2c2ccc(F)cc2)n1. The lowest BCUT2D eigenvalue weighted by atomic mass is 10.0. The molecular weight excluding hydrogens is 373 g/mol. The van der Waals surface area contributed by atoms with Crippen LogP contribution in [0.4, 0.5) is 22.1 Å². The van der Waals surface area contributed by atoms with Crippen molar-refractivity contribution in [3.63, 3.8) is 0 Å². The topological polar surface area (TPSA) is 103 Å². The van der Waals surface area contributed by atoms with E-state index in [1.54, 1.807) is 19.1 Å². The van der Waals surface area contributed by atoms with Crippen LogP contribution in [0.2, 0.25) is 0 Å². The molecule has 2 atom stereocenters. The number of aliphatic hydroxyl groups excluding tert-OH is 1. The Hall–Kier alpha value is -3.07. The lowest BCUT2D eigenvalue weighted by Crippen LogP contribution is -2.27. The van der Waals surface area contributed by atoms with Crippen molar-refractivity contribution in [1.29, 1.82) is 0 Å². The number of aromatic nitrogens is 5. The van der Waals surface area contributed by atoms with Crippen molar-refractivity contribution in [2.45, 2.75) is 44.2 Å². The molecule has 0 spiro atoms. The van der Waals surface area contributed by atoms with E-state index in [0.717, 1.165) is 11.3 Å². The summed E-state index contributed by atoms with van der Waals surface area (Å²) in [4.78, 5) is 15.4. The normalized spacial score (nSPS) is 21.6. The number of hydrogen-bond acceptors (Lipinski definition) is 7. The lowest BCUT2D eigenvalue weighted by molar-refractivity contribution is 0.194. The number of H-pyrrole nitrogens is 1. The minimum atomic E-state index is -0.508. The third-order valence-electron chi connectivity index (χ3n) is 5.38. The predicted molar refractivity (Wildman–Crippen MR) is 106 cm³/mol. The maximum atomic E-state index is 13.3. The zero-order valence-electron chi connectivity index (χ0n) is 16.0. The van der Waals surface area contributed by atoms with Gasteiger partial charge in [-0.05, 0) is 43.9 Å². The van der Waals surface area contributed by atoms with Gasteiger partial charge in [-0.3, -0.25) is 5.10 Å². The van der Waals surface area contributed by atoms with Crippen molar-refractivity contribution in [3.05, 3.63) is 53.2 Å². The summed E-state index contributed by atoms with van der Waals surface area (Å²) < 4.78 is 13.3. The molecule has 0 bridgehead atoms. The average molecular weight is 395 g/mol. The molecule has 3 N–H and O–H groups in total. The number of anilines is 3. The van der Waals surface area contributed by atoms with Crippen LogP contribution in [0.15, 0.2) is 30.3 Å². The van der Waals surface area contributed by atoms with Gasteiger partial charge in [0, 0.05) is 24.2 Å². The highest BCUT2D eigenvalue weighted by Crippen LogP contribution is 2.40. The molecule has 2 aliphatic rings. The van der Waals surface area contributed by atoms with E-state index in [9.17, 15) is 9.50 Å². The standard InChI is InChI=1S/C20H22FN7O/c1-11-22-19(24-18-9-16(26-27-18)12-2-3-12)25-20(23-11)28-10-15(29)8-17(28)13-4-6-14(21)7-5-13/h4-7,9,12,15,17,29H,2-3,8,10H2,1H3,(H2,22,23,24,25,26,27). The summed E-state index contributed by atoms with van der Waals surface area (Å²) in [6, 6.07) is 8.19. The minimum absolute atomic E-state index is 0.132. The number of aryl methyl sites for hydroxylation is 1. The summed E-state index contributed by atoms with van der Waals surface area (Å²) in [5.74, 6) is 2.40. The molecule has 0 amide bonds. The van der Waals surface area contributed by atoms with E-state index in [2.05, 4.69) is 30.5 Å². The summed E-state index contributed by atoms with van der Waals surface area (Å²) in [6.45, 7) is 2.20. The summed E-state index contributed by atoms with van der Waals surface area (Å²) >= 11 is 0. The zero-order chi connectivity index (χ0) is 20.0. The van der Waals surface area contributed by atoms with Crippen molar-refractivity contribution in [3.8, 4) is 0 Å². The third kappa shape index (κ3) is 3.77. The van der Waals surface area contributed by atoms with Gasteiger partial charge in [0.1, 0.15) is 11.6 Å². The molecule has 3 aromatic rings. The molecule has 3 heterocycles. The van der Waals surface area contributed by atoms with Crippen molar-refractivity contribution >= 4 is 17.7 Å².